The summed E-state index contributed by atoms with van der Waals surface area (Å²) in [5.41, 5.74) is 1.47. The standard InChI is InChI=1S/C19H20N2O4/c1-13-10-21(11-16(13)19(23)24)18(22)15-7-8-20-17(9-15)25-12-14-5-3-2-4-6-14/h2-9,13,16H,10-12H2,1H3,(H,23,24)/t13-,16-/m1/s1. The van der Waals surface area contributed by atoms with Crippen LogP contribution in [0.1, 0.15) is 22.8 Å². The van der Waals surface area contributed by atoms with Gasteiger partial charge in [0.2, 0.25) is 5.88 Å². The number of hydrogen-bond donors (Lipinski definition) is 1. The predicted molar refractivity (Wildman–Crippen MR) is 91.2 cm³/mol. The predicted octanol–water partition coefficient (Wildman–Crippen LogP) is 2.45. The summed E-state index contributed by atoms with van der Waals surface area (Å²) in [6, 6.07) is 12.9. The summed E-state index contributed by atoms with van der Waals surface area (Å²) in [6.45, 7) is 2.90. The van der Waals surface area contributed by atoms with E-state index in [2.05, 4.69) is 4.98 Å². The van der Waals surface area contributed by atoms with E-state index >= 15 is 0 Å². The number of hydrogen-bond acceptors (Lipinski definition) is 4. The number of nitrogens with zero attached hydrogens (tertiary/aromatic N) is 2. The molecule has 0 radical (unpaired) electrons. The third kappa shape index (κ3) is 3.96. The maximum atomic E-state index is 12.6. The van der Waals surface area contributed by atoms with E-state index in [1.807, 2.05) is 37.3 Å². The van der Waals surface area contributed by atoms with Gasteiger partial charge in [-0.2, -0.15) is 0 Å². The second-order valence-corrected chi connectivity index (χ2v) is 6.29. The summed E-state index contributed by atoms with van der Waals surface area (Å²) >= 11 is 0. The Kier molecular flexibility index (Phi) is 4.97. The molecule has 6 nitrogen and oxygen atoms in total. The van der Waals surface area contributed by atoms with Crippen LogP contribution in [0.3, 0.4) is 0 Å². The number of likely N-dealkylation sites (tertiary alicyclic amines) is 1. The molecule has 2 aromatic rings. The van der Waals surface area contributed by atoms with Gasteiger partial charge in [0.15, 0.2) is 0 Å². The molecule has 1 amide bonds. The van der Waals surface area contributed by atoms with Crippen molar-refractivity contribution in [2.24, 2.45) is 11.8 Å². The number of ether oxygens (including phenoxy) is 1. The van der Waals surface area contributed by atoms with Gasteiger partial charge < -0.3 is 14.7 Å². The zero-order chi connectivity index (χ0) is 17.8. The van der Waals surface area contributed by atoms with Crippen molar-refractivity contribution < 1.29 is 19.4 Å². The molecule has 1 N–H and O–H groups in total. The normalized spacial score (nSPS) is 19.6. The fourth-order valence-electron chi connectivity index (χ4n) is 2.99. The van der Waals surface area contributed by atoms with Gasteiger partial charge in [0.1, 0.15) is 6.61 Å². The Morgan fingerprint density at radius 2 is 2.00 bits per heavy atom. The molecule has 0 bridgehead atoms. The first kappa shape index (κ1) is 17.0. The van der Waals surface area contributed by atoms with Crippen molar-refractivity contribution in [3.63, 3.8) is 0 Å². The molecule has 2 heterocycles. The highest BCUT2D eigenvalue weighted by atomic mass is 16.5. The average Bonchev–Trinajstić information content (AvgIpc) is 3.02. The van der Waals surface area contributed by atoms with Crippen molar-refractivity contribution in [2.45, 2.75) is 13.5 Å². The molecule has 1 aromatic heterocycles. The first-order chi connectivity index (χ1) is 12.0. The van der Waals surface area contributed by atoms with Crippen LogP contribution in [0, 0.1) is 11.8 Å². The monoisotopic (exact) mass is 340 g/mol. The van der Waals surface area contributed by atoms with Crippen LogP contribution < -0.4 is 4.74 Å². The molecule has 130 valence electrons. The Bertz CT molecular complexity index is 763. The third-order valence-electron chi connectivity index (χ3n) is 4.43. The Labute approximate surface area is 146 Å². The van der Waals surface area contributed by atoms with Gasteiger partial charge >= 0.3 is 5.97 Å². The van der Waals surface area contributed by atoms with E-state index in [0.29, 0.717) is 24.6 Å². The molecule has 25 heavy (non-hydrogen) atoms. The first-order valence-electron chi connectivity index (χ1n) is 8.19. The maximum Gasteiger partial charge on any atom is 0.308 e. The number of benzene rings is 1. The number of pyridine rings is 1. The van der Waals surface area contributed by atoms with Crippen molar-refractivity contribution in [1.82, 2.24) is 9.88 Å². The molecule has 0 aliphatic carbocycles. The van der Waals surface area contributed by atoms with Gasteiger partial charge in [0.25, 0.3) is 5.91 Å². The molecular formula is C19H20N2O4. The van der Waals surface area contributed by atoms with Gasteiger partial charge in [0.05, 0.1) is 5.92 Å². The van der Waals surface area contributed by atoms with Crippen molar-refractivity contribution in [2.75, 3.05) is 13.1 Å². The number of rotatable bonds is 5. The summed E-state index contributed by atoms with van der Waals surface area (Å²) in [5.74, 6) is -1.25. The average molecular weight is 340 g/mol. The lowest BCUT2D eigenvalue weighted by atomic mass is 9.99. The van der Waals surface area contributed by atoms with E-state index in [1.54, 1.807) is 17.0 Å². The van der Waals surface area contributed by atoms with E-state index in [-0.39, 0.29) is 18.4 Å². The number of carboxylic acid groups (broad SMARTS) is 1. The topological polar surface area (TPSA) is 79.7 Å². The SMILES string of the molecule is C[C@@H]1CN(C(=O)c2ccnc(OCc3ccccc3)c2)C[C@H]1C(=O)O. The van der Waals surface area contributed by atoms with Crippen LogP contribution in [0.15, 0.2) is 48.7 Å². The van der Waals surface area contributed by atoms with Crippen LogP contribution in [0.4, 0.5) is 0 Å². The summed E-state index contributed by atoms with van der Waals surface area (Å²) in [6.07, 6.45) is 1.53. The van der Waals surface area contributed by atoms with Crippen LogP contribution in [0.25, 0.3) is 0 Å². The van der Waals surface area contributed by atoms with Gasteiger partial charge in [-0.15, -0.1) is 0 Å². The molecule has 1 aromatic carbocycles. The van der Waals surface area contributed by atoms with E-state index < -0.39 is 11.9 Å². The van der Waals surface area contributed by atoms with Crippen molar-refractivity contribution in [3.8, 4) is 5.88 Å². The van der Waals surface area contributed by atoms with Gasteiger partial charge in [-0.05, 0) is 17.5 Å². The lowest BCUT2D eigenvalue weighted by molar-refractivity contribution is -0.142. The Balaban J connectivity index is 1.67. The maximum absolute atomic E-state index is 12.6. The molecule has 1 aliphatic heterocycles. The Hall–Kier alpha value is -2.89. The Morgan fingerprint density at radius 1 is 1.24 bits per heavy atom. The highest BCUT2D eigenvalue weighted by Crippen LogP contribution is 2.25. The van der Waals surface area contributed by atoms with E-state index in [1.165, 1.54) is 6.20 Å². The number of carboxylic acids is 1. The minimum absolute atomic E-state index is 0.0583. The molecule has 0 saturated carbocycles. The number of aromatic nitrogens is 1. The van der Waals surface area contributed by atoms with Gasteiger partial charge in [-0.1, -0.05) is 37.3 Å². The zero-order valence-corrected chi connectivity index (χ0v) is 14.0. The van der Waals surface area contributed by atoms with Crippen LogP contribution in [-0.2, 0) is 11.4 Å². The van der Waals surface area contributed by atoms with E-state index in [0.717, 1.165) is 5.56 Å². The third-order valence-corrected chi connectivity index (χ3v) is 4.43. The summed E-state index contributed by atoms with van der Waals surface area (Å²) in [7, 11) is 0. The molecule has 0 spiro atoms. The van der Waals surface area contributed by atoms with Crippen LogP contribution in [0.2, 0.25) is 0 Å². The molecule has 0 unspecified atom stereocenters. The summed E-state index contributed by atoms with van der Waals surface area (Å²) in [4.78, 5) is 29.6. The number of carbonyl (C=O) groups is 2. The van der Waals surface area contributed by atoms with Crippen molar-refractivity contribution in [3.05, 3.63) is 59.8 Å². The lowest BCUT2D eigenvalue weighted by Crippen LogP contribution is -2.30. The van der Waals surface area contributed by atoms with Gasteiger partial charge in [0, 0.05) is 30.9 Å². The van der Waals surface area contributed by atoms with Crippen LogP contribution in [0.5, 0.6) is 5.88 Å². The molecule has 6 heteroatoms. The number of amides is 1. The second-order valence-electron chi connectivity index (χ2n) is 6.29. The van der Waals surface area contributed by atoms with Crippen LogP contribution in [-0.4, -0.2) is 40.0 Å². The highest BCUT2D eigenvalue weighted by Gasteiger charge is 2.37. The van der Waals surface area contributed by atoms with Gasteiger partial charge in [-0.3, -0.25) is 9.59 Å². The largest absolute Gasteiger partial charge is 0.481 e. The van der Waals surface area contributed by atoms with Crippen molar-refractivity contribution in [1.29, 1.82) is 0 Å². The molecule has 1 fully saturated rings. The first-order valence-corrected chi connectivity index (χ1v) is 8.19. The number of aliphatic carboxylic acids is 1. The minimum atomic E-state index is -0.857. The quantitative estimate of drug-likeness (QED) is 0.904. The second kappa shape index (κ2) is 7.34. The smallest absolute Gasteiger partial charge is 0.308 e. The molecular weight excluding hydrogens is 320 g/mol. The fourth-order valence-corrected chi connectivity index (χ4v) is 2.99. The van der Waals surface area contributed by atoms with E-state index in [9.17, 15) is 14.7 Å². The zero-order valence-electron chi connectivity index (χ0n) is 14.0. The summed E-state index contributed by atoms with van der Waals surface area (Å²) in [5, 5.41) is 9.21. The molecule has 1 saturated heterocycles. The van der Waals surface area contributed by atoms with Crippen molar-refractivity contribution >= 4 is 11.9 Å². The fraction of sp³-hybridized carbons (Fsp3) is 0.316. The van der Waals surface area contributed by atoms with Gasteiger partial charge in [-0.25, -0.2) is 4.98 Å². The highest BCUT2D eigenvalue weighted by molar-refractivity contribution is 5.95. The Morgan fingerprint density at radius 3 is 2.68 bits per heavy atom. The number of carbonyl (C=O) groups excluding carboxylic acids is 1. The van der Waals surface area contributed by atoms with E-state index in [4.69, 9.17) is 4.74 Å². The lowest BCUT2D eigenvalue weighted by Gasteiger charge is -2.16. The molecule has 2 atom stereocenters. The molecule has 3 rings (SSSR count). The summed E-state index contributed by atoms with van der Waals surface area (Å²) < 4.78 is 5.65. The molecule has 1 aliphatic rings. The van der Waals surface area contributed by atoms with Crippen LogP contribution >= 0.6 is 0 Å². The minimum Gasteiger partial charge on any atom is -0.481 e.